The van der Waals surface area contributed by atoms with Gasteiger partial charge in [0.1, 0.15) is 22.8 Å². The summed E-state index contributed by atoms with van der Waals surface area (Å²) in [5, 5.41) is 43.2. The molecule has 4 rings (SSSR count). The van der Waals surface area contributed by atoms with Crippen LogP contribution in [0.3, 0.4) is 0 Å². The summed E-state index contributed by atoms with van der Waals surface area (Å²) < 4.78 is 20.5. The molecule has 3 heterocycles. The van der Waals surface area contributed by atoms with Gasteiger partial charge in [-0.25, -0.2) is 9.59 Å². The molecule has 0 fully saturated rings. The third-order valence-electron chi connectivity index (χ3n) is 12.0. The molecule has 0 aliphatic rings. The van der Waals surface area contributed by atoms with Gasteiger partial charge in [-0.2, -0.15) is 0 Å². The molecule has 3 aromatic heterocycles. The number of aryl methyl sites for hydroxylation is 3. The van der Waals surface area contributed by atoms with Crippen LogP contribution in [0.2, 0.25) is 0 Å². The number of methoxy groups -OCH3 is 1. The molecule has 0 radical (unpaired) electrons. The summed E-state index contributed by atoms with van der Waals surface area (Å²) in [7, 11) is 4.59. The van der Waals surface area contributed by atoms with Crippen molar-refractivity contribution < 1.29 is 28.9 Å². The van der Waals surface area contributed by atoms with E-state index in [9.17, 15) is 19.2 Å². The van der Waals surface area contributed by atoms with Gasteiger partial charge in [0.2, 0.25) is 0 Å². The van der Waals surface area contributed by atoms with Gasteiger partial charge in [-0.3, -0.25) is 23.6 Å². The number of hydrogen-bond donors (Lipinski definition) is 5. The Morgan fingerprint density at radius 2 is 0.952 bits per heavy atom. The van der Waals surface area contributed by atoms with Crippen LogP contribution in [0.1, 0.15) is 234 Å². The second kappa shape index (κ2) is 40.0. The predicted octanol–water partition coefficient (Wildman–Crippen LogP) is 13.0. The van der Waals surface area contributed by atoms with Gasteiger partial charge < -0.3 is 40.6 Å². The van der Waals surface area contributed by atoms with Gasteiger partial charge in [0.25, 0.3) is 10.9 Å². The van der Waals surface area contributed by atoms with Crippen molar-refractivity contribution in [2.75, 3.05) is 51.5 Å². The average Bonchev–Trinajstić information content (AvgIpc) is 4.21. The Bertz CT molecular complexity index is 2340. The largest absolute Gasteiger partial charge is 0.453 e. The van der Waals surface area contributed by atoms with E-state index in [4.69, 9.17) is 14.6 Å². The minimum absolute atomic E-state index is 0.0285. The van der Waals surface area contributed by atoms with Gasteiger partial charge in [-0.05, 0) is 130 Å². The third kappa shape index (κ3) is 48.9. The zero-order chi connectivity index (χ0) is 65.0. The minimum Gasteiger partial charge on any atom is -0.453 e. The fourth-order valence-corrected chi connectivity index (χ4v) is 7.34. The molecule has 0 aliphatic carbocycles. The molecule has 2 amide bonds. The maximum atomic E-state index is 11.2. The van der Waals surface area contributed by atoms with Gasteiger partial charge >= 0.3 is 12.2 Å². The maximum Gasteiger partial charge on any atom is 0.406 e. The van der Waals surface area contributed by atoms with E-state index in [0.29, 0.717) is 69.3 Å². The highest BCUT2D eigenvalue weighted by Crippen LogP contribution is 2.24. The molecule has 1 aromatic carbocycles. The number of ether oxygens (including phenoxy) is 3. The third-order valence-corrected chi connectivity index (χ3v) is 12.0. The highest BCUT2D eigenvalue weighted by Gasteiger charge is 2.20. The lowest BCUT2D eigenvalue weighted by molar-refractivity contribution is -0.0165. The van der Waals surface area contributed by atoms with E-state index in [0.717, 1.165) is 83.2 Å². The van der Waals surface area contributed by atoms with Crippen LogP contribution < -0.4 is 32.1 Å². The number of nitrogens with one attached hydrogen (secondary N) is 4. The molecular formula is C63H121N13O8. The summed E-state index contributed by atoms with van der Waals surface area (Å²) in [6.07, 6.45) is 19.9. The van der Waals surface area contributed by atoms with E-state index in [2.05, 4.69) is 182 Å². The highest BCUT2D eigenvalue weighted by atomic mass is 16.5. The number of anilines is 2. The Kier molecular flexibility index (Phi) is 38.4. The number of rotatable bonds is 23. The Labute approximate surface area is 507 Å². The van der Waals surface area contributed by atoms with E-state index in [1.165, 1.54) is 32.8 Å². The fourth-order valence-electron chi connectivity index (χ4n) is 7.34. The van der Waals surface area contributed by atoms with E-state index >= 15 is 0 Å². The molecule has 486 valence electrons. The maximum absolute atomic E-state index is 11.2. The molecule has 0 saturated heterocycles. The van der Waals surface area contributed by atoms with Crippen molar-refractivity contribution in [3.05, 3.63) is 56.6 Å². The van der Waals surface area contributed by atoms with Crippen LogP contribution >= 0.6 is 0 Å². The predicted molar refractivity (Wildman–Crippen MR) is 343 cm³/mol. The van der Waals surface area contributed by atoms with Crippen LogP contribution in [0.5, 0.6) is 0 Å². The van der Waals surface area contributed by atoms with Crippen molar-refractivity contribution in [2.24, 2.45) is 32.5 Å². The van der Waals surface area contributed by atoms with Crippen molar-refractivity contribution in [3.63, 3.8) is 0 Å². The number of hydrogen-bond acceptors (Lipinski definition) is 16. The quantitative estimate of drug-likeness (QED) is 0.0342. The number of carbonyl (C=O) groups excluding carboxylic acids is 2. The van der Waals surface area contributed by atoms with Crippen LogP contribution in [0.25, 0.3) is 0 Å². The smallest absolute Gasteiger partial charge is 0.406 e. The number of aliphatic hydroxyl groups excluding tert-OH is 1. The second-order valence-electron chi connectivity index (χ2n) is 29.5. The first-order chi connectivity index (χ1) is 38.5. The molecular weight excluding hydrogens is 1070 g/mol. The van der Waals surface area contributed by atoms with Gasteiger partial charge in [0, 0.05) is 53.0 Å². The second-order valence-corrected chi connectivity index (χ2v) is 29.5. The molecule has 0 spiro atoms. The zero-order valence-corrected chi connectivity index (χ0v) is 57.3. The van der Waals surface area contributed by atoms with Crippen LogP contribution in [0.4, 0.5) is 21.0 Å². The SMILES string of the molecule is CC(C)(C)CCCn1cc(CO)nn1.CC(C)(C)CCCn1cc(COC(C)(C)C)nn1.CC(C)(C)CCCn1ccnn1.CNC(=O)OCCCC(C)(C)C.CNc1c(NCCCC(C)(C)C)c(=O)c1=O.COC(=O)NCCCC(C)(C)C. The number of amides is 2. The summed E-state index contributed by atoms with van der Waals surface area (Å²) >= 11 is 0. The van der Waals surface area contributed by atoms with Crippen molar-refractivity contribution in [2.45, 2.75) is 261 Å². The molecule has 0 aliphatic heterocycles. The van der Waals surface area contributed by atoms with Gasteiger partial charge in [-0.15, -0.1) is 15.3 Å². The van der Waals surface area contributed by atoms with Gasteiger partial charge in [0.05, 0.1) is 51.1 Å². The molecule has 21 heteroatoms. The Balaban J connectivity index is 0. The molecule has 0 unspecified atom stereocenters. The Morgan fingerprint density at radius 3 is 1.35 bits per heavy atom. The van der Waals surface area contributed by atoms with Crippen LogP contribution in [-0.2, 0) is 47.1 Å². The first-order valence-corrected chi connectivity index (χ1v) is 30.3. The van der Waals surface area contributed by atoms with Crippen molar-refractivity contribution in [1.82, 2.24) is 55.6 Å². The minimum atomic E-state index is -0.416. The number of aromatic nitrogens is 9. The topological polar surface area (TPSA) is 256 Å². The van der Waals surface area contributed by atoms with Gasteiger partial charge in [0.15, 0.2) is 0 Å². The summed E-state index contributed by atoms with van der Waals surface area (Å²) in [5.41, 5.74) is 3.63. The summed E-state index contributed by atoms with van der Waals surface area (Å²) in [5.74, 6) is 0. The van der Waals surface area contributed by atoms with E-state index in [1.807, 2.05) is 42.5 Å². The number of nitrogens with zero attached hydrogens (tertiary/aromatic N) is 9. The van der Waals surface area contributed by atoms with E-state index in [1.54, 1.807) is 31.2 Å². The number of alkyl carbamates (subject to hydrolysis) is 2. The monoisotopic (exact) mass is 1190 g/mol. The molecule has 4 aromatic rings. The molecule has 5 N–H and O–H groups in total. The molecule has 0 bridgehead atoms. The van der Waals surface area contributed by atoms with E-state index < -0.39 is 10.9 Å². The summed E-state index contributed by atoms with van der Waals surface area (Å²) in [4.78, 5) is 43.5. The van der Waals surface area contributed by atoms with Gasteiger partial charge in [-0.1, -0.05) is 140 Å². The Hall–Kier alpha value is -5.44. The lowest BCUT2D eigenvalue weighted by atomic mass is 9.90. The van der Waals surface area contributed by atoms with Crippen molar-refractivity contribution in [1.29, 1.82) is 0 Å². The highest BCUT2D eigenvalue weighted by molar-refractivity contribution is 5.73. The first-order valence-electron chi connectivity index (χ1n) is 30.3. The van der Waals surface area contributed by atoms with Crippen molar-refractivity contribution in [3.8, 4) is 0 Å². The normalized spacial score (nSPS) is 11.9. The molecule has 0 saturated carbocycles. The molecule has 84 heavy (non-hydrogen) atoms. The number of aliphatic hydroxyl groups is 1. The number of carbonyl (C=O) groups is 2. The van der Waals surface area contributed by atoms with E-state index in [-0.39, 0.29) is 24.4 Å². The van der Waals surface area contributed by atoms with Crippen LogP contribution in [0, 0.1) is 32.5 Å². The van der Waals surface area contributed by atoms with Crippen LogP contribution in [-0.4, -0.2) is 109 Å². The summed E-state index contributed by atoms with van der Waals surface area (Å²) in [6.45, 7) is 51.2. The summed E-state index contributed by atoms with van der Waals surface area (Å²) in [6, 6.07) is 0. The first kappa shape index (κ1) is 80.6. The lowest BCUT2D eigenvalue weighted by Gasteiger charge is -2.18. The Morgan fingerprint density at radius 1 is 0.536 bits per heavy atom. The van der Waals surface area contributed by atoms with Crippen molar-refractivity contribution >= 4 is 23.6 Å². The molecule has 21 nitrogen and oxygen atoms in total. The zero-order valence-electron chi connectivity index (χ0n) is 57.3. The van der Waals surface area contributed by atoms with Crippen LogP contribution in [0.15, 0.2) is 34.4 Å². The standard InChI is InChI=1S/C14H27N3O.C12H20N2O2.C10H19N3O.C9H17N3.2C9H19NO2/c1-13(2,3)8-7-9-17-10-12(15-16-17)11-18-14(4,5)6;1-12(2,3)6-5-7-14-9-8(13-4)10(15)11(9)16;1-10(2,3)5-4-6-13-7-9(8-14)11-12-13;1-9(2,3)5-4-7-12-8-6-10-11-12;1-9(2,3)6-5-7-10-8(11)12-4;1-9(2,3)6-5-7-12-8(11)10-4/h10H,7-9,11H2,1-6H3;13-14H,5-7H2,1-4H3;7,14H,4-6,8H2,1-3H3;6,8H,4-5,7H2,1-3H3;2*5-7H2,1-4H3,(H,10,11). The average molecular weight is 1190 g/mol. The fraction of sp³-hybridized carbons (Fsp3) is 0.810. The molecule has 0 atom stereocenters. The lowest BCUT2D eigenvalue weighted by Crippen LogP contribution is -2.37.